The van der Waals surface area contributed by atoms with Crippen molar-refractivity contribution in [2.75, 3.05) is 17.7 Å². The molecule has 2 aromatic carbocycles. The number of halogens is 1. The zero-order chi connectivity index (χ0) is 20.5. The summed E-state index contributed by atoms with van der Waals surface area (Å²) in [5.74, 6) is -0.139. The Morgan fingerprint density at radius 2 is 2.03 bits per heavy atom. The fourth-order valence-electron chi connectivity index (χ4n) is 3.50. The number of ether oxygens (including phenoxy) is 1. The molecule has 0 saturated heterocycles. The minimum Gasteiger partial charge on any atom is -0.495 e. The lowest BCUT2D eigenvalue weighted by molar-refractivity contribution is -0.123. The fraction of sp³-hybridized carbons (Fsp3) is 0.190. The summed E-state index contributed by atoms with van der Waals surface area (Å²) in [7, 11) is 1.52. The number of hydrogen-bond donors (Lipinski definition) is 2. The zero-order valence-corrected chi connectivity index (χ0v) is 16.7. The Bertz CT molecular complexity index is 1090. The highest BCUT2D eigenvalue weighted by Crippen LogP contribution is 2.37. The van der Waals surface area contributed by atoms with Crippen LogP contribution in [0.5, 0.6) is 5.75 Å². The van der Waals surface area contributed by atoms with E-state index in [9.17, 15) is 9.59 Å². The van der Waals surface area contributed by atoms with Crippen LogP contribution in [0.3, 0.4) is 0 Å². The van der Waals surface area contributed by atoms with E-state index < -0.39 is 5.92 Å². The van der Waals surface area contributed by atoms with Crippen LogP contribution in [0.4, 0.5) is 11.5 Å². The van der Waals surface area contributed by atoms with E-state index >= 15 is 0 Å². The predicted octanol–water partition coefficient (Wildman–Crippen LogP) is 3.91. The van der Waals surface area contributed by atoms with Gasteiger partial charge in [0.25, 0.3) is 0 Å². The van der Waals surface area contributed by atoms with Gasteiger partial charge in [-0.05, 0) is 37.3 Å². The molecule has 0 fully saturated rings. The molecule has 8 heteroatoms. The third kappa shape index (κ3) is 3.56. The largest absolute Gasteiger partial charge is 0.495 e. The Balaban J connectivity index is 1.68. The van der Waals surface area contributed by atoms with Gasteiger partial charge in [0.2, 0.25) is 11.8 Å². The number of aromatic nitrogens is 2. The molecule has 0 aliphatic carbocycles. The molecule has 4 rings (SSSR count). The van der Waals surface area contributed by atoms with Gasteiger partial charge in [-0.15, -0.1) is 0 Å². The number of methoxy groups -OCH3 is 1. The summed E-state index contributed by atoms with van der Waals surface area (Å²) in [6.45, 7) is 1.83. The number of carbonyl (C=O) groups is 2. The first kappa shape index (κ1) is 19.0. The monoisotopic (exact) mass is 410 g/mol. The summed E-state index contributed by atoms with van der Waals surface area (Å²) >= 11 is 6.15. The number of benzene rings is 2. The highest BCUT2D eigenvalue weighted by Gasteiger charge is 2.36. The van der Waals surface area contributed by atoms with Crippen LogP contribution in [0.25, 0.3) is 5.69 Å². The molecule has 1 atom stereocenters. The van der Waals surface area contributed by atoms with Crippen LogP contribution in [0.1, 0.15) is 23.6 Å². The number of nitrogens with one attached hydrogen (secondary N) is 2. The van der Waals surface area contributed by atoms with E-state index in [2.05, 4.69) is 15.7 Å². The number of carbonyl (C=O) groups excluding carboxylic acids is 2. The van der Waals surface area contributed by atoms with Crippen LogP contribution < -0.4 is 15.4 Å². The van der Waals surface area contributed by atoms with Crippen LogP contribution in [-0.4, -0.2) is 28.7 Å². The number of para-hydroxylation sites is 1. The molecular formula is C21H19ClN4O3. The smallest absolute Gasteiger partial charge is 0.232 e. The van der Waals surface area contributed by atoms with Gasteiger partial charge in [0.1, 0.15) is 11.6 Å². The Kier molecular flexibility index (Phi) is 4.98. The number of fused-ring (bicyclic) bond motifs is 1. The van der Waals surface area contributed by atoms with Gasteiger partial charge in [-0.1, -0.05) is 29.8 Å². The van der Waals surface area contributed by atoms with E-state index in [0.29, 0.717) is 33.5 Å². The van der Waals surface area contributed by atoms with E-state index in [1.54, 1.807) is 22.9 Å². The molecule has 3 aromatic rings. The second-order valence-corrected chi connectivity index (χ2v) is 7.15. The van der Waals surface area contributed by atoms with Crippen LogP contribution in [0.2, 0.25) is 5.02 Å². The minimum absolute atomic E-state index is 0.0457. The third-order valence-corrected chi connectivity index (χ3v) is 5.13. The second kappa shape index (κ2) is 7.60. The third-order valence-electron chi connectivity index (χ3n) is 4.84. The van der Waals surface area contributed by atoms with E-state index in [0.717, 1.165) is 5.69 Å². The van der Waals surface area contributed by atoms with Gasteiger partial charge in [-0.25, -0.2) is 4.68 Å². The molecule has 0 saturated carbocycles. The standard InChI is InChI=1S/C21H19ClN4O3/c1-12-19-15(21(28)23-13-8-9-17(29-2)16(22)10-13)11-18(27)24-20(19)26(25-12)14-6-4-3-5-7-14/h3-10,15H,11H2,1-2H3,(H,23,28)(H,24,27). The number of aryl methyl sites for hydroxylation is 1. The van der Waals surface area contributed by atoms with Gasteiger partial charge in [0.15, 0.2) is 0 Å². The normalized spacial score (nSPS) is 15.4. The van der Waals surface area contributed by atoms with Crippen molar-refractivity contribution in [1.82, 2.24) is 9.78 Å². The fourth-order valence-corrected chi connectivity index (χ4v) is 3.76. The first-order valence-electron chi connectivity index (χ1n) is 9.07. The van der Waals surface area contributed by atoms with E-state index in [4.69, 9.17) is 16.3 Å². The quantitative estimate of drug-likeness (QED) is 0.683. The Morgan fingerprint density at radius 3 is 2.72 bits per heavy atom. The van der Waals surface area contributed by atoms with Crippen molar-refractivity contribution in [1.29, 1.82) is 0 Å². The maximum Gasteiger partial charge on any atom is 0.232 e. The second-order valence-electron chi connectivity index (χ2n) is 6.74. The number of hydrogen-bond acceptors (Lipinski definition) is 4. The number of anilines is 2. The summed E-state index contributed by atoms with van der Waals surface area (Å²) in [6, 6.07) is 14.5. The first-order valence-corrected chi connectivity index (χ1v) is 9.45. The molecule has 0 radical (unpaired) electrons. The lowest BCUT2D eigenvalue weighted by Gasteiger charge is -2.23. The Hall–Kier alpha value is -3.32. The van der Waals surface area contributed by atoms with Crippen LogP contribution in [-0.2, 0) is 9.59 Å². The summed E-state index contributed by atoms with van der Waals surface area (Å²) < 4.78 is 6.79. The summed E-state index contributed by atoms with van der Waals surface area (Å²) in [5.41, 5.74) is 2.74. The van der Waals surface area contributed by atoms with Crippen molar-refractivity contribution < 1.29 is 14.3 Å². The molecule has 0 bridgehead atoms. The van der Waals surface area contributed by atoms with Crippen molar-refractivity contribution in [3.63, 3.8) is 0 Å². The number of rotatable bonds is 4. The maximum atomic E-state index is 13.0. The highest BCUT2D eigenvalue weighted by molar-refractivity contribution is 6.32. The molecule has 2 heterocycles. The average Bonchev–Trinajstić information content (AvgIpc) is 3.04. The molecule has 2 amide bonds. The van der Waals surface area contributed by atoms with Gasteiger partial charge < -0.3 is 15.4 Å². The van der Waals surface area contributed by atoms with E-state index in [1.165, 1.54) is 7.11 Å². The molecule has 1 aliphatic heterocycles. The SMILES string of the molecule is COc1ccc(NC(=O)C2CC(=O)Nc3c2c(C)nn3-c2ccccc2)cc1Cl. The van der Waals surface area contributed by atoms with Gasteiger partial charge in [-0.2, -0.15) is 5.10 Å². The van der Waals surface area contributed by atoms with Gasteiger partial charge in [-0.3, -0.25) is 9.59 Å². The molecule has 2 N–H and O–H groups in total. The van der Waals surface area contributed by atoms with E-state index in [1.807, 2.05) is 37.3 Å². The predicted molar refractivity (Wildman–Crippen MR) is 111 cm³/mol. The van der Waals surface area contributed by atoms with Crippen LogP contribution in [0, 0.1) is 6.92 Å². The van der Waals surface area contributed by atoms with Crippen LogP contribution >= 0.6 is 11.6 Å². The van der Waals surface area contributed by atoms with Gasteiger partial charge in [0, 0.05) is 17.7 Å². The van der Waals surface area contributed by atoms with Gasteiger partial charge >= 0.3 is 0 Å². The summed E-state index contributed by atoms with van der Waals surface area (Å²) in [6.07, 6.45) is 0.0457. The average molecular weight is 411 g/mol. The zero-order valence-electron chi connectivity index (χ0n) is 15.9. The molecule has 1 aromatic heterocycles. The topological polar surface area (TPSA) is 85.2 Å². The molecule has 7 nitrogen and oxygen atoms in total. The van der Waals surface area contributed by atoms with Crippen molar-refractivity contribution in [3.8, 4) is 11.4 Å². The van der Waals surface area contributed by atoms with Crippen molar-refractivity contribution in [2.24, 2.45) is 0 Å². The van der Waals surface area contributed by atoms with E-state index in [-0.39, 0.29) is 18.2 Å². The lowest BCUT2D eigenvalue weighted by atomic mass is 9.91. The minimum atomic E-state index is -0.655. The Morgan fingerprint density at radius 1 is 1.28 bits per heavy atom. The van der Waals surface area contributed by atoms with Gasteiger partial charge in [0.05, 0.1) is 29.4 Å². The number of nitrogens with zero attached hydrogens (tertiary/aromatic N) is 2. The molecule has 1 aliphatic rings. The molecular weight excluding hydrogens is 392 g/mol. The molecule has 148 valence electrons. The first-order chi connectivity index (χ1) is 14.0. The highest BCUT2D eigenvalue weighted by atomic mass is 35.5. The van der Waals surface area contributed by atoms with Crippen molar-refractivity contribution in [2.45, 2.75) is 19.3 Å². The van der Waals surface area contributed by atoms with Crippen molar-refractivity contribution >= 4 is 34.9 Å². The lowest BCUT2D eigenvalue weighted by Crippen LogP contribution is -2.31. The van der Waals surface area contributed by atoms with Crippen LogP contribution in [0.15, 0.2) is 48.5 Å². The van der Waals surface area contributed by atoms with Crippen molar-refractivity contribution in [3.05, 3.63) is 64.8 Å². The Labute approximate surface area is 172 Å². The maximum absolute atomic E-state index is 13.0. The molecule has 1 unspecified atom stereocenters. The molecule has 29 heavy (non-hydrogen) atoms. The summed E-state index contributed by atoms with van der Waals surface area (Å²) in [5, 5.41) is 10.7. The molecule has 0 spiro atoms. The number of amides is 2. The summed E-state index contributed by atoms with van der Waals surface area (Å²) in [4.78, 5) is 25.4.